The molecule has 0 aliphatic rings. The molecular weight excluding hydrogens is 290 g/mol. The highest BCUT2D eigenvalue weighted by atomic mass is 32.2. The number of nitrogens with two attached hydrogens (primary N) is 1. The van der Waals surface area contributed by atoms with Crippen LogP contribution >= 0.6 is 0 Å². The Morgan fingerprint density at radius 3 is 2.29 bits per heavy atom. The molecule has 7 heteroatoms. The van der Waals surface area contributed by atoms with Gasteiger partial charge in [0.1, 0.15) is 0 Å². The first-order valence-corrected chi connectivity index (χ1v) is 8.10. The summed E-state index contributed by atoms with van der Waals surface area (Å²) in [7, 11) is -3.80. The van der Waals surface area contributed by atoms with Gasteiger partial charge in [0.15, 0.2) is 0 Å². The average Bonchev–Trinajstić information content (AvgIpc) is 2.24. The van der Waals surface area contributed by atoms with E-state index in [1.807, 2.05) is 20.8 Å². The number of hydrogen-bond donors (Lipinski definition) is 3. The number of benzene rings is 1. The molecule has 0 saturated carbocycles. The minimum absolute atomic E-state index is 0.0513. The van der Waals surface area contributed by atoms with Gasteiger partial charge >= 0.3 is 0 Å². The number of anilines is 1. The fraction of sp³-hybridized carbons (Fsp3) is 0.500. The Bertz CT molecular complexity index is 613. The van der Waals surface area contributed by atoms with Gasteiger partial charge in [0.2, 0.25) is 15.9 Å². The maximum Gasteiger partial charge on any atom is 0.241 e. The van der Waals surface area contributed by atoms with Crippen LogP contribution in [0, 0.1) is 6.92 Å². The van der Waals surface area contributed by atoms with E-state index in [0.717, 1.165) is 5.56 Å². The second kappa shape index (κ2) is 6.03. The van der Waals surface area contributed by atoms with Gasteiger partial charge in [0.05, 0.1) is 10.9 Å². The third-order valence-corrected chi connectivity index (χ3v) is 4.13. The van der Waals surface area contributed by atoms with Gasteiger partial charge in [-0.3, -0.25) is 4.79 Å². The minimum atomic E-state index is -3.80. The second-order valence-electron chi connectivity index (χ2n) is 6.16. The van der Waals surface area contributed by atoms with E-state index in [9.17, 15) is 13.2 Å². The average molecular weight is 313 g/mol. The van der Waals surface area contributed by atoms with E-state index in [1.54, 1.807) is 13.0 Å². The van der Waals surface area contributed by atoms with Crippen molar-refractivity contribution in [1.82, 2.24) is 10.0 Å². The summed E-state index contributed by atoms with van der Waals surface area (Å²) in [6.07, 6.45) is 0. The fourth-order valence-electron chi connectivity index (χ4n) is 1.76. The van der Waals surface area contributed by atoms with Crippen molar-refractivity contribution < 1.29 is 13.2 Å². The molecule has 0 aromatic heterocycles. The van der Waals surface area contributed by atoms with Gasteiger partial charge in [-0.15, -0.1) is 0 Å². The van der Waals surface area contributed by atoms with E-state index in [4.69, 9.17) is 5.73 Å². The molecule has 21 heavy (non-hydrogen) atoms. The molecule has 1 atom stereocenters. The molecule has 0 fully saturated rings. The third-order valence-electron chi connectivity index (χ3n) is 2.61. The number of sulfonamides is 1. The van der Waals surface area contributed by atoms with E-state index < -0.39 is 21.6 Å². The van der Waals surface area contributed by atoms with Crippen molar-refractivity contribution in [2.24, 2.45) is 0 Å². The summed E-state index contributed by atoms with van der Waals surface area (Å²) in [6, 6.07) is 3.67. The van der Waals surface area contributed by atoms with Crippen LogP contribution in [0.2, 0.25) is 0 Å². The molecule has 0 spiro atoms. The molecule has 1 amide bonds. The molecule has 4 N–H and O–H groups in total. The molecule has 6 nitrogen and oxygen atoms in total. The first-order chi connectivity index (χ1) is 9.40. The molecule has 0 aliphatic heterocycles. The molecule has 0 radical (unpaired) electrons. The second-order valence-corrected chi connectivity index (χ2v) is 7.88. The number of hydrogen-bond acceptors (Lipinski definition) is 4. The monoisotopic (exact) mass is 313 g/mol. The van der Waals surface area contributed by atoms with E-state index >= 15 is 0 Å². The molecule has 1 aromatic rings. The smallest absolute Gasteiger partial charge is 0.241 e. The van der Waals surface area contributed by atoms with Crippen LogP contribution in [0.5, 0.6) is 0 Å². The molecule has 0 heterocycles. The van der Waals surface area contributed by atoms with Crippen molar-refractivity contribution in [2.75, 3.05) is 5.73 Å². The number of amides is 1. The number of aryl methyl sites for hydroxylation is 1. The number of nitrogens with one attached hydrogen (secondary N) is 2. The standard InChI is InChI=1S/C14H23N3O3S/c1-9-6-11(15)8-12(7-9)21(19,20)17-10(2)13(18)16-14(3,4)5/h6-8,10,17H,15H2,1-5H3,(H,16,18). The molecule has 1 rings (SSSR count). The quantitative estimate of drug-likeness (QED) is 0.726. The summed E-state index contributed by atoms with van der Waals surface area (Å²) < 4.78 is 26.9. The van der Waals surface area contributed by atoms with Crippen LogP contribution in [0.25, 0.3) is 0 Å². The summed E-state index contributed by atoms with van der Waals surface area (Å²) in [6.45, 7) is 8.73. The summed E-state index contributed by atoms with van der Waals surface area (Å²) >= 11 is 0. The van der Waals surface area contributed by atoms with Crippen molar-refractivity contribution in [3.63, 3.8) is 0 Å². The van der Waals surface area contributed by atoms with Crippen LogP contribution < -0.4 is 15.8 Å². The van der Waals surface area contributed by atoms with Crippen LogP contribution in [0.3, 0.4) is 0 Å². The SMILES string of the molecule is Cc1cc(N)cc(S(=O)(=O)NC(C)C(=O)NC(C)(C)C)c1. The van der Waals surface area contributed by atoms with Gasteiger partial charge in [-0.1, -0.05) is 0 Å². The van der Waals surface area contributed by atoms with Gasteiger partial charge in [-0.25, -0.2) is 8.42 Å². The lowest BCUT2D eigenvalue weighted by Gasteiger charge is -2.23. The number of carbonyl (C=O) groups excluding carboxylic acids is 1. The Kier molecular flexibility index (Phi) is 5.01. The zero-order valence-electron chi connectivity index (χ0n) is 13.0. The Morgan fingerprint density at radius 1 is 1.24 bits per heavy atom. The van der Waals surface area contributed by atoms with E-state index in [1.165, 1.54) is 19.1 Å². The maximum absolute atomic E-state index is 12.3. The third kappa shape index (κ3) is 5.35. The number of rotatable bonds is 4. The van der Waals surface area contributed by atoms with Crippen molar-refractivity contribution in [3.05, 3.63) is 23.8 Å². The largest absolute Gasteiger partial charge is 0.399 e. The van der Waals surface area contributed by atoms with Crippen LogP contribution in [-0.2, 0) is 14.8 Å². The predicted molar refractivity (Wildman–Crippen MR) is 83.3 cm³/mol. The summed E-state index contributed by atoms with van der Waals surface area (Å²) in [5.41, 5.74) is 6.33. The summed E-state index contributed by atoms with van der Waals surface area (Å²) in [5.74, 6) is -0.383. The van der Waals surface area contributed by atoms with Crippen molar-refractivity contribution in [2.45, 2.75) is 51.1 Å². The molecular formula is C14H23N3O3S. The van der Waals surface area contributed by atoms with Crippen LogP contribution in [-0.4, -0.2) is 25.9 Å². The van der Waals surface area contributed by atoms with Crippen molar-refractivity contribution in [1.29, 1.82) is 0 Å². The highest BCUT2D eigenvalue weighted by Crippen LogP contribution is 2.16. The maximum atomic E-state index is 12.3. The van der Waals surface area contributed by atoms with E-state index in [-0.39, 0.29) is 10.8 Å². The fourth-order valence-corrected chi connectivity index (χ4v) is 3.10. The predicted octanol–water partition coefficient (Wildman–Crippen LogP) is 1.16. The van der Waals surface area contributed by atoms with Gasteiger partial charge < -0.3 is 11.1 Å². The van der Waals surface area contributed by atoms with Crippen LogP contribution in [0.15, 0.2) is 23.1 Å². The van der Waals surface area contributed by atoms with Gasteiger partial charge in [0, 0.05) is 11.2 Å². The summed E-state index contributed by atoms with van der Waals surface area (Å²) in [4.78, 5) is 12.0. The molecule has 0 bridgehead atoms. The van der Waals surface area contributed by atoms with Gasteiger partial charge in [-0.05, 0) is 58.4 Å². The topological polar surface area (TPSA) is 101 Å². The first kappa shape index (κ1) is 17.5. The molecule has 1 unspecified atom stereocenters. The molecule has 0 aliphatic carbocycles. The lowest BCUT2D eigenvalue weighted by atomic mass is 10.1. The number of nitrogen functional groups attached to an aromatic ring is 1. The zero-order chi connectivity index (χ0) is 16.4. The highest BCUT2D eigenvalue weighted by molar-refractivity contribution is 7.89. The highest BCUT2D eigenvalue weighted by Gasteiger charge is 2.24. The van der Waals surface area contributed by atoms with Crippen LogP contribution in [0.4, 0.5) is 5.69 Å². The lowest BCUT2D eigenvalue weighted by Crippen LogP contribution is -2.50. The van der Waals surface area contributed by atoms with E-state index in [0.29, 0.717) is 5.69 Å². The Labute approximate surface area is 126 Å². The van der Waals surface area contributed by atoms with Crippen molar-refractivity contribution in [3.8, 4) is 0 Å². The molecule has 118 valence electrons. The Morgan fingerprint density at radius 2 is 1.81 bits per heavy atom. The molecule has 0 saturated heterocycles. The first-order valence-electron chi connectivity index (χ1n) is 6.62. The lowest BCUT2D eigenvalue weighted by molar-refractivity contribution is -0.123. The minimum Gasteiger partial charge on any atom is -0.399 e. The molecule has 1 aromatic carbocycles. The Hall–Kier alpha value is -1.60. The van der Waals surface area contributed by atoms with Crippen molar-refractivity contribution >= 4 is 21.6 Å². The Balaban J connectivity index is 2.92. The zero-order valence-corrected chi connectivity index (χ0v) is 13.8. The van der Waals surface area contributed by atoms with Gasteiger partial charge in [0.25, 0.3) is 0 Å². The number of carbonyl (C=O) groups is 1. The van der Waals surface area contributed by atoms with Gasteiger partial charge in [-0.2, -0.15) is 4.72 Å². The van der Waals surface area contributed by atoms with Crippen LogP contribution in [0.1, 0.15) is 33.3 Å². The summed E-state index contributed by atoms with van der Waals surface area (Å²) in [5, 5.41) is 2.73. The normalized spacial score (nSPS) is 13.8. The van der Waals surface area contributed by atoms with E-state index in [2.05, 4.69) is 10.0 Å².